The largest absolute Gasteiger partial charge is 0.424 e. The molecule has 1 aromatic heterocycles. The van der Waals surface area contributed by atoms with Crippen LogP contribution in [-0.2, 0) is 15.1 Å². The van der Waals surface area contributed by atoms with E-state index in [1.54, 1.807) is 24.0 Å². The number of nitriles is 1. The predicted molar refractivity (Wildman–Crippen MR) is 113 cm³/mol. The first kappa shape index (κ1) is 21.4. The number of imide groups is 1. The molecular weight excluding hydrogens is 412 g/mol. The van der Waals surface area contributed by atoms with E-state index in [1.807, 2.05) is 36.1 Å². The van der Waals surface area contributed by atoms with Gasteiger partial charge in [0.2, 0.25) is 17.5 Å². The Morgan fingerprint density at radius 2 is 1.91 bits per heavy atom. The van der Waals surface area contributed by atoms with Crippen LogP contribution in [0.5, 0.6) is 0 Å². The van der Waals surface area contributed by atoms with Crippen LogP contribution in [0.15, 0.2) is 34.7 Å². The van der Waals surface area contributed by atoms with E-state index in [-0.39, 0.29) is 18.1 Å². The van der Waals surface area contributed by atoms with E-state index in [4.69, 9.17) is 4.42 Å². The Kier molecular flexibility index (Phi) is 5.57. The van der Waals surface area contributed by atoms with E-state index in [1.165, 1.54) is 0 Å². The highest BCUT2D eigenvalue weighted by Crippen LogP contribution is 2.32. The van der Waals surface area contributed by atoms with E-state index in [9.17, 15) is 19.6 Å². The summed E-state index contributed by atoms with van der Waals surface area (Å²) in [6.45, 7) is 4.86. The molecule has 10 heteroatoms. The third-order valence-electron chi connectivity index (χ3n) is 6.01. The number of anilines is 1. The Hall–Kier alpha value is -3.87. The van der Waals surface area contributed by atoms with Gasteiger partial charge < -0.3 is 19.5 Å². The Bertz CT molecular complexity index is 1080. The van der Waals surface area contributed by atoms with Gasteiger partial charge in [-0.1, -0.05) is 37.3 Å². The van der Waals surface area contributed by atoms with Crippen LogP contribution in [0.3, 0.4) is 0 Å². The molecule has 1 N–H and O–H groups in total. The van der Waals surface area contributed by atoms with Crippen molar-refractivity contribution in [2.24, 2.45) is 0 Å². The molecule has 2 fully saturated rings. The van der Waals surface area contributed by atoms with Gasteiger partial charge in [0.05, 0.1) is 0 Å². The molecule has 1 aromatic carbocycles. The molecule has 32 heavy (non-hydrogen) atoms. The summed E-state index contributed by atoms with van der Waals surface area (Å²) in [6, 6.07) is 10.5. The lowest BCUT2D eigenvalue weighted by Gasteiger charge is -2.35. The minimum absolute atomic E-state index is 0.221. The van der Waals surface area contributed by atoms with Gasteiger partial charge in [-0.25, -0.2) is 9.78 Å². The van der Waals surface area contributed by atoms with Gasteiger partial charge in [0.25, 0.3) is 5.91 Å². The molecule has 2 saturated heterocycles. The molecular formula is C22H24N6O4. The van der Waals surface area contributed by atoms with Crippen LogP contribution in [-0.4, -0.2) is 65.4 Å². The van der Waals surface area contributed by atoms with Crippen molar-refractivity contribution in [3.05, 3.63) is 47.5 Å². The number of nitrogens with zero attached hydrogens (tertiary/aromatic N) is 5. The first-order valence-corrected chi connectivity index (χ1v) is 10.5. The molecule has 3 heterocycles. The zero-order valence-corrected chi connectivity index (χ0v) is 18.0. The van der Waals surface area contributed by atoms with Crippen molar-refractivity contribution in [1.82, 2.24) is 20.1 Å². The number of aryl methyl sites for hydroxylation is 1. The molecule has 10 nitrogen and oxygen atoms in total. The number of urea groups is 1. The molecule has 0 saturated carbocycles. The second-order valence-corrected chi connectivity index (χ2v) is 7.81. The highest BCUT2D eigenvalue weighted by Gasteiger charge is 2.51. The quantitative estimate of drug-likeness (QED) is 0.702. The number of aromatic nitrogens is 1. The molecule has 0 bridgehead atoms. The highest BCUT2D eigenvalue weighted by atomic mass is 16.4. The molecule has 0 radical (unpaired) electrons. The van der Waals surface area contributed by atoms with Gasteiger partial charge in [-0.3, -0.25) is 14.5 Å². The Morgan fingerprint density at radius 1 is 1.22 bits per heavy atom. The lowest BCUT2D eigenvalue weighted by Crippen LogP contribution is -2.52. The molecule has 0 aliphatic carbocycles. The lowest BCUT2D eigenvalue weighted by atomic mass is 9.87. The van der Waals surface area contributed by atoms with E-state index in [2.05, 4.69) is 10.3 Å². The van der Waals surface area contributed by atoms with Crippen LogP contribution in [0.25, 0.3) is 0 Å². The lowest BCUT2D eigenvalue weighted by molar-refractivity contribution is -0.139. The summed E-state index contributed by atoms with van der Waals surface area (Å²) in [4.78, 5) is 47.3. The third-order valence-corrected chi connectivity index (χ3v) is 6.01. The fourth-order valence-electron chi connectivity index (χ4n) is 4.23. The van der Waals surface area contributed by atoms with Crippen molar-refractivity contribution in [3.63, 3.8) is 0 Å². The molecule has 2 aliphatic rings. The van der Waals surface area contributed by atoms with Crippen LogP contribution in [0.4, 0.5) is 10.7 Å². The van der Waals surface area contributed by atoms with Crippen molar-refractivity contribution in [2.75, 3.05) is 37.6 Å². The maximum absolute atomic E-state index is 13.2. The number of oxazole rings is 1. The van der Waals surface area contributed by atoms with E-state index >= 15 is 0 Å². The first-order valence-electron chi connectivity index (χ1n) is 10.5. The molecule has 1 atom stereocenters. The number of benzene rings is 1. The number of hydrogen-bond acceptors (Lipinski definition) is 7. The van der Waals surface area contributed by atoms with Crippen LogP contribution in [0.2, 0.25) is 0 Å². The zero-order chi connectivity index (χ0) is 22.9. The molecule has 0 spiro atoms. The number of piperazine rings is 1. The second-order valence-electron chi connectivity index (χ2n) is 7.81. The monoisotopic (exact) mass is 436 g/mol. The SMILES string of the molecule is CCC1(c2ccccc2)NC(=O)N(CC(=O)N2CCN(c3oc(C)nc3C#N)CC2)C1=O. The number of rotatable bonds is 5. The molecule has 2 aromatic rings. The minimum atomic E-state index is -1.16. The normalized spacial score (nSPS) is 21.0. The van der Waals surface area contributed by atoms with Crippen molar-refractivity contribution < 1.29 is 18.8 Å². The number of carbonyl (C=O) groups excluding carboxylic acids is 3. The maximum Gasteiger partial charge on any atom is 0.325 e. The highest BCUT2D eigenvalue weighted by molar-refractivity contribution is 6.09. The van der Waals surface area contributed by atoms with E-state index in [0.717, 1.165) is 4.90 Å². The van der Waals surface area contributed by atoms with Crippen molar-refractivity contribution in [3.8, 4) is 6.07 Å². The molecule has 1 unspecified atom stereocenters. The molecule has 2 aliphatic heterocycles. The van der Waals surface area contributed by atoms with Crippen LogP contribution < -0.4 is 10.2 Å². The van der Waals surface area contributed by atoms with E-state index < -0.39 is 17.5 Å². The second kappa shape index (κ2) is 8.34. The number of amides is 4. The zero-order valence-electron chi connectivity index (χ0n) is 18.0. The fourth-order valence-corrected chi connectivity index (χ4v) is 4.23. The van der Waals surface area contributed by atoms with Crippen LogP contribution in [0.1, 0.15) is 30.5 Å². The van der Waals surface area contributed by atoms with E-state index in [0.29, 0.717) is 49.9 Å². The van der Waals surface area contributed by atoms with Crippen molar-refractivity contribution in [2.45, 2.75) is 25.8 Å². The Labute approximate surface area is 185 Å². The summed E-state index contributed by atoms with van der Waals surface area (Å²) < 4.78 is 5.54. The van der Waals surface area contributed by atoms with Crippen LogP contribution in [0, 0.1) is 18.3 Å². The van der Waals surface area contributed by atoms with Gasteiger partial charge in [0.15, 0.2) is 5.89 Å². The standard InChI is InChI=1S/C22H24N6O4/c1-3-22(16-7-5-4-6-8-16)20(30)28(21(31)25-22)14-18(29)26-9-11-27(12-10-26)19-17(13-23)24-15(2)32-19/h4-8H,3,9-12,14H2,1-2H3,(H,25,31). The maximum atomic E-state index is 13.2. The van der Waals surface area contributed by atoms with Crippen molar-refractivity contribution >= 4 is 23.7 Å². The van der Waals surface area contributed by atoms with Gasteiger partial charge in [-0.2, -0.15) is 5.26 Å². The third kappa shape index (κ3) is 3.56. The molecule has 4 amide bonds. The molecule has 4 rings (SSSR count). The minimum Gasteiger partial charge on any atom is -0.424 e. The summed E-state index contributed by atoms with van der Waals surface area (Å²) in [6.07, 6.45) is 0.378. The van der Waals surface area contributed by atoms with Gasteiger partial charge >= 0.3 is 6.03 Å². The number of nitrogens with one attached hydrogen (secondary N) is 1. The summed E-state index contributed by atoms with van der Waals surface area (Å²) in [7, 11) is 0. The summed E-state index contributed by atoms with van der Waals surface area (Å²) in [5.74, 6) is 0.0922. The first-order chi connectivity index (χ1) is 15.4. The van der Waals surface area contributed by atoms with Gasteiger partial charge in [0.1, 0.15) is 18.2 Å². The number of hydrogen-bond donors (Lipinski definition) is 1. The summed E-state index contributed by atoms with van der Waals surface area (Å²) in [5, 5.41) is 12.0. The smallest absolute Gasteiger partial charge is 0.325 e. The topological polar surface area (TPSA) is 123 Å². The Balaban J connectivity index is 1.42. The van der Waals surface area contributed by atoms with Crippen LogP contribution >= 0.6 is 0 Å². The summed E-state index contributed by atoms with van der Waals surface area (Å²) >= 11 is 0. The predicted octanol–water partition coefficient (Wildman–Crippen LogP) is 1.36. The average Bonchev–Trinajstić information content (AvgIpc) is 3.32. The fraction of sp³-hybridized carbons (Fsp3) is 0.409. The average molecular weight is 436 g/mol. The van der Waals surface area contributed by atoms with Gasteiger partial charge in [-0.15, -0.1) is 0 Å². The van der Waals surface area contributed by atoms with Crippen molar-refractivity contribution in [1.29, 1.82) is 5.26 Å². The molecule has 166 valence electrons. The number of carbonyl (C=O) groups is 3. The Morgan fingerprint density at radius 3 is 2.53 bits per heavy atom. The summed E-state index contributed by atoms with van der Waals surface area (Å²) in [5.41, 5.74) is -0.242. The van der Waals surface area contributed by atoms with Gasteiger partial charge in [0, 0.05) is 33.1 Å². The van der Waals surface area contributed by atoms with Gasteiger partial charge in [-0.05, 0) is 12.0 Å².